The molecule has 3 aliphatic rings. The van der Waals surface area contributed by atoms with Gasteiger partial charge in [0.05, 0.1) is 38.6 Å². The topological polar surface area (TPSA) is 307 Å². The fourth-order valence-corrected chi connectivity index (χ4v) is 8.90. The molecule has 428 valence electrons. The first kappa shape index (κ1) is 65.8. The van der Waals surface area contributed by atoms with Crippen molar-refractivity contribution in [1.82, 2.24) is 5.32 Å². The summed E-state index contributed by atoms with van der Waals surface area (Å²) in [6.07, 6.45) is 15.3. The Hall–Kier alpha value is -2.51. The molecule has 17 atom stereocenters. The van der Waals surface area contributed by atoms with Crippen LogP contribution in [0, 0.1) is 0 Å². The van der Waals surface area contributed by atoms with Gasteiger partial charge in [-0.3, -0.25) is 4.79 Å². The highest BCUT2D eigenvalue weighted by atomic mass is 16.8. The van der Waals surface area contributed by atoms with Gasteiger partial charge < -0.3 is 89.9 Å². The number of rotatable bonds is 38. The van der Waals surface area contributed by atoms with Crippen molar-refractivity contribution in [1.29, 1.82) is 0 Å². The van der Waals surface area contributed by atoms with E-state index < -0.39 is 124 Å². The third kappa shape index (κ3) is 23.6. The maximum Gasteiger partial charge on any atom is 0.220 e. The minimum atomic E-state index is -1.98. The van der Waals surface area contributed by atoms with Crippen LogP contribution in [0.4, 0.5) is 0 Å². The molecular formula is C55H95NO18. The molecule has 0 aromatic rings. The average molecular weight is 1060 g/mol. The van der Waals surface area contributed by atoms with Crippen molar-refractivity contribution in [2.75, 3.05) is 26.4 Å². The van der Waals surface area contributed by atoms with Gasteiger partial charge in [-0.15, -0.1) is 0 Å². The van der Waals surface area contributed by atoms with Gasteiger partial charge in [-0.25, -0.2) is 0 Å². The quantitative estimate of drug-likeness (QED) is 0.0312. The molecule has 0 bridgehead atoms. The minimum absolute atomic E-state index is 0.217. The molecular weight excluding hydrogens is 963 g/mol. The molecule has 12 N–H and O–H groups in total. The van der Waals surface area contributed by atoms with Gasteiger partial charge in [0.2, 0.25) is 5.91 Å². The van der Waals surface area contributed by atoms with Crippen molar-refractivity contribution in [3.63, 3.8) is 0 Å². The summed E-state index contributed by atoms with van der Waals surface area (Å²) in [6.45, 7) is 1.56. The number of carbonyl (C=O) groups excluding carboxylic acids is 1. The second-order valence-corrected chi connectivity index (χ2v) is 19.7. The number of nitrogens with one attached hydrogen (secondary N) is 1. The summed E-state index contributed by atoms with van der Waals surface area (Å²) in [5.41, 5.74) is 0. The number of aliphatic hydroxyl groups is 11. The molecule has 3 saturated heterocycles. The monoisotopic (exact) mass is 1060 g/mol. The second kappa shape index (κ2) is 38.9. The highest BCUT2D eigenvalue weighted by Gasteiger charge is 2.53. The van der Waals surface area contributed by atoms with Crippen LogP contribution in [0.5, 0.6) is 0 Å². The molecule has 3 fully saturated rings. The van der Waals surface area contributed by atoms with E-state index in [9.17, 15) is 61.0 Å². The van der Waals surface area contributed by atoms with Crippen LogP contribution in [0.2, 0.25) is 0 Å². The molecule has 17 unspecified atom stereocenters. The summed E-state index contributed by atoms with van der Waals surface area (Å²) in [5.74, 6) is -0.306. The first-order chi connectivity index (χ1) is 35.8. The van der Waals surface area contributed by atoms with Gasteiger partial charge in [-0.05, 0) is 64.2 Å². The Morgan fingerprint density at radius 1 is 0.486 bits per heavy atom. The number of allylic oxidation sites excluding steroid dienone is 9. The summed E-state index contributed by atoms with van der Waals surface area (Å²) in [6, 6.07) is -0.996. The summed E-state index contributed by atoms with van der Waals surface area (Å²) in [5, 5.41) is 119. The summed E-state index contributed by atoms with van der Waals surface area (Å²) in [7, 11) is 0. The number of unbranched alkanes of at least 4 members (excludes halogenated alkanes) is 14. The molecule has 3 aliphatic heterocycles. The third-order valence-electron chi connectivity index (χ3n) is 13.5. The van der Waals surface area contributed by atoms with E-state index in [0.29, 0.717) is 12.8 Å². The van der Waals surface area contributed by atoms with Gasteiger partial charge in [-0.1, -0.05) is 139 Å². The lowest BCUT2D eigenvalue weighted by Gasteiger charge is -2.48. The molecule has 3 heterocycles. The van der Waals surface area contributed by atoms with E-state index in [2.05, 4.69) is 67.8 Å². The lowest BCUT2D eigenvalue weighted by atomic mass is 9.96. The van der Waals surface area contributed by atoms with E-state index >= 15 is 0 Å². The van der Waals surface area contributed by atoms with Gasteiger partial charge in [0.25, 0.3) is 0 Å². The maximum atomic E-state index is 13.2. The lowest BCUT2D eigenvalue weighted by molar-refractivity contribution is -0.379. The Balaban J connectivity index is 1.49. The molecule has 0 radical (unpaired) electrons. The van der Waals surface area contributed by atoms with Crippen LogP contribution >= 0.6 is 0 Å². The van der Waals surface area contributed by atoms with Crippen LogP contribution in [0.1, 0.15) is 149 Å². The molecule has 1 amide bonds. The molecule has 74 heavy (non-hydrogen) atoms. The molecule has 0 saturated carbocycles. The first-order valence-corrected chi connectivity index (χ1v) is 27.5. The highest BCUT2D eigenvalue weighted by Crippen LogP contribution is 2.33. The molecule has 19 nitrogen and oxygen atoms in total. The number of amides is 1. The lowest BCUT2D eigenvalue weighted by Crippen LogP contribution is -2.66. The van der Waals surface area contributed by atoms with Crippen molar-refractivity contribution in [3.8, 4) is 0 Å². The van der Waals surface area contributed by atoms with Crippen molar-refractivity contribution < 1.29 is 89.4 Å². The molecule has 3 rings (SSSR count). The fourth-order valence-electron chi connectivity index (χ4n) is 8.90. The standard InChI is InChI=1S/C55H95NO18/c1-3-5-7-9-11-13-14-15-16-17-18-19-20-21-22-23-24-25-27-29-31-33-43(61)56-38(39(60)32-30-28-26-12-10-8-6-4-2)37-69-53-49(67)46(64)51(41(35-58)71-53)74-55-50(68)47(65)52(42(36-59)72-55)73-54-48(66)45(63)44(62)40(34-57)70-54/h10,12,14-15,17-18,20-21,30,32,38-42,44-55,57-60,62-68H,3-9,11,13,16,19,22-29,31,33-37H2,1-2H3,(H,56,61)/b12-10+,15-14-,18-17-,21-20-,32-30+. The normalized spacial score (nSPS) is 31.9. The fraction of sp³-hybridized carbons (Fsp3) is 0.800. The second-order valence-electron chi connectivity index (χ2n) is 19.7. The van der Waals surface area contributed by atoms with E-state index in [0.717, 1.165) is 77.0 Å². The summed E-state index contributed by atoms with van der Waals surface area (Å²) >= 11 is 0. The first-order valence-electron chi connectivity index (χ1n) is 27.5. The minimum Gasteiger partial charge on any atom is -0.394 e. The van der Waals surface area contributed by atoms with Gasteiger partial charge in [0.15, 0.2) is 18.9 Å². The average Bonchev–Trinajstić information content (AvgIpc) is 3.40. The zero-order valence-electron chi connectivity index (χ0n) is 44.0. The predicted molar refractivity (Wildman–Crippen MR) is 277 cm³/mol. The van der Waals surface area contributed by atoms with Gasteiger partial charge in [0, 0.05) is 6.42 Å². The van der Waals surface area contributed by atoms with E-state index in [1.54, 1.807) is 12.2 Å². The smallest absolute Gasteiger partial charge is 0.220 e. The van der Waals surface area contributed by atoms with Crippen molar-refractivity contribution in [2.45, 2.75) is 253 Å². The number of hydrogen-bond acceptors (Lipinski definition) is 18. The van der Waals surface area contributed by atoms with Crippen LogP contribution in [0.25, 0.3) is 0 Å². The molecule has 0 spiro atoms. The maximum absolute atomic E-state index is 13.2. The van der Waals surface area contributed by atoms with Crippen LogP contribution in [-0.4, -0.2) is 193 Å². The Morgan fingerprint density at radius 3 is 1.49 bits per heavy atom. The van der Waals surface area contributed by atoms with Gasteiger partial charge >= 0.3 is 0 Å². The van der Waals surface area contributed by atoms with Crippen LogP contribution in [0.15, 0.2) is 60.8 Å². The predicted octanol–water partition coefficient (Wildman–Crippen LogP) is 3.31. The van der Waals surface area contributed by atoms with E-state index in [1.807, 2.05) is 0 Å². The van der Waals surface area contributed by atoms with Crippen molar-refractivity contribution in [2.24, 2.45) is 0 Å². The van der Waals surface area contributed by atoms with Crippen LogP contribution < -0.4 is 5.32 Å². The van der Waals surface area contributed by atoms with Gasteiger partial charge in [-0.2, -0.15) is 0 Å². The third-order valence-corrected chi connectivity index (χ3v) is 13.5. The Labute approximate surface area is 439 Å². The van der Waals surface area contributed by atoms with E-state index in [4.69, 9.17) is 28.4 Å². The number of carbonyl (C=O) groups is 1. The zero-order chi connectivity index (χ0) is 54.1. The van der Waals surface area contributed by atoms with Crippen LogP contribution in [-0.2, 0) is 33.2 Å². The van der Waals surface area contributed by atoms with E-state index in [1.165, 1.54) is 38.5 Å². The summed E-state index contributed by atoms with van der Waals surface area (Å²) < 4.78 is 34.1. The Bertz CT molecular complexity index is 1590. The highest BCUT2D eigenvalue weighted by molar-refractivity contribution is 5.76. The van der Waals surface area contributed by atoms with Gasteiger partial charge in [0.1, 0.15) is 73.2 Å². The molecule has 0 aliphatic carbocycles. The van der Waals surface area contributed by atoms with Crippen LogP contribution in [0.3, 0.4) is 0 Å². The molecule has 0 aromatic carbocycles. The number of hydrogen-bond donors (Lipinski definition) is 12. The van der Waals surface area contributed by atoms with Crippen molar-refractivity contribution >= 4 is 5.91 Å². The molecule has 19 heteroatoms. The Kier molecular flexibility index (Phi) is 34.6. The Morgan fingerprint density at radius 2 is 0.919 bits per heavy atom. The number of ether oxygens (including phenoxy) is 6. The molecule has 0 aromatic heterocycles. The summed E-state index contributed by atoms with van der Waals surface area (Å²) in [4.78, 5) is 13.2. The SMILES string of the molecule is CCCC/C=C/CC/C=C/C(O)C(COC1OC(CO)C(OC2OC(CO)C(OC3OC(CO)C(O)C(O)C3O)C(O)C2O)C(O)C1O)NC(=O)CCCCCCCC/C=C\C/C=C\C/C=C\CCCCCCC. The number of aliphatic hydroxyl groups excluding tert-OH is 11. The van der Waals surface area contributed by atoms with E-state index in [-0.39, 0.29) is 18.9 Å². The largest absolute Gasteiger partial charge is 0.394 e. The zero-order valence-corrected chi connectivity index (χ0v) is 44.0. The van der Waals surface area contributed by atoms with Crippen molar-refractivity contribution in [3.05, 3.63) is 60.8 Å².